The van der Waals surface area contributed by atoms with Crippen LogP contribution in [0.1, 0.15) is 0 Å². The molecule has 0 saturated heterocycles. The molecule has 0 amide bonds. The van der Waals surface area contributed by atoms with Crippen molar-refractivity contribution in [1.82, 2.24) is 0 Å². The van der Waals surface area contributed by atoms with Crippen LogP contribution in [-0.4, -0.2) is 104 Å². The van der Waals surface area contributed by atoms with Crippen LogP contribution in [0.25, 0.3) is 0 Å². The van der Waals surface area contributed by atoms with Crippen LogP contribution >= 0.6 is 0 Å². The van der Waals surface area contributed by atoms with Crippen molar-refractivity contribution >= 4 is 104 Å². The van der Waals surface area contributed by atoms with E-state index in [0.29, 0.717) is 0 Å². The first-order chi connectivity index (χ1) is 0. The molecule has 0 N–H and O–H groups in total. The summed E-state index contributed by atoms with van der Waals surface area (Å²) in [4.78, 5) is 0. The summed E-state index contributed by atoms with van der Waals surface area (Å²) in [6.07, 6.45) is 0. The molecular weight excluding hydrogens is 142 g/mol. The predicted octanol–water partition coefficient (Wildman–Crippen LogP) is -1.14. The molecule has 0 aromatic carbocycles. The second-order valence-electron chi connectivity index (χ2n) is 0. The fourth-order valence-corrected chi connectivity index (χ4v) is 0. The van der Waals surface area contributed by atoms with Gasteiger partial charge in [0, 0.05) is 121 Å². The van der Waals surface area contributed by atoms with Crippen LogP contribution in [0.4, 0.5) is 0 Å². The third kappa shape index (κ3) is 9.33. The topological polar surface area (TPSA) is 0 Å². The maximum Gasteiger partial charge on any atom is 0 e. The van der Waals surface area contributed by atoms with Crippen LogP contribution in [0.2, 0.25) is 0 Å². The zero-order chi connectivity index (χ0) is 0. The van der Waals surface area contributed by atoms with Crippen molar-refractivity contribution in [3.05, 3.63) is 0 Å². The molecule has 0 aliphatic heterocycles. The third-order valence-electron chi connectivity index (χ3n) is 0. The molecule has 12 valence electrons. The van der Waals surface area contributed by atoms with Crippen molar-refractivity contribution in [2.45, 2.75) is 0 Å². The molecule has 0 saturated carbocycles. The van der Waals surface area contributed by atoms with Gasteiger partial charge in [0.05, 0.1) is 0 Å². The third-order valence-corrected chi connectivity index (χ3v) is 0. The van der Waals surface area contributed by atoms with Gasteiger partial charge in [-0.25, -0.2) is 0 Å². The van der Waals surface area contributed by atoms with E-state index >= 15 is 0 Å². The Morgan fingerprint density at radius 1 is 1.00 bits per heavy atom. The van der Waals surface area contributed by atoms with Crippen molar-refractivity contribution in [1.29, 1.82) is 0 Å². The van der Waals surface area contributed by atoms with Gasteiger partial charge >= 0.3 is 0 Å². The summed E-state index contributed by atoms with van der Waals surface area (Å²) < 4.78 is 0. The van der Waals surface area contributed by atoms with Crippen LogP contribution in [0.5, 0.6) is 0 Å². The molecule has 0 heterocycles. The molecular formula is FeKMgNa. The Bertz CT molecular complexity index is 8.00. The Morgan fingerprint density at radius 2 is 1.00 bits per heavy atom. The van der Waals surface area contributed by atoms with Crippen molar-refractivity contribution in [2.24, 2.45) is 0 Å². The summed E-state index contributed by atoms with van der Waals surface area (Å²) in [6.45, 7) is 0. The molecule has 0 nitrogen and oxygen atoms in total. The summed E-state index contributed by atoms with van der Waals surface area (Å²) in [5.74, 6) is 0. The second kappa shape index (κ2) is 15.8. The van der Waals surface area contributed by atoms with Crippen molar-refractivity contribution in [3.8, 4) is 0 Å². The molecule has 4 heteroatoms. The smallest absolute Gasteiger partial charge is 0 e. The van der Waals surface area contributed by atoms with Gasteiger partial charge in [0.15, 0.2) is 0 Å². The number of hydrogen-bond acceptors (Lipinski definition) is 0. The Kier molecular flexibility index (Phi) is 97.4. The van der Waals surface area contributed by atoms with Crippen molar-refractivity contribution in [2.75, 3.05) is 0 Å². The molecule has 0 aromatic rings. The minimum Gasteiger partial charge on any atom is 0 e. The normalized spacial score (nSPS) is 0. The van der Waals surface area contributed by atoms with E-state index in [0.717, 1.165) is 0 Å². The molecule has 0 atom stereocenters. The second-order valence-corrected chi connectivity index (χ2v) is 0. The van der Waals surface area contributed by atoms with E-state index in [4.69, 9.17) is 0 Å². The molecule has 0 rings (SSSR count). The quantitative estimate of drug-likeness (QED) is 0.375. The molecule has 0 spiro atoms. The Morgan fingerprint density at radius 3 is 1.00 bits per heavy atom. The van der Waals surface area contributed by atoms with Crippen molar-refractivity contribution in [3.63, 3.8) is 0 Å². The van der Waals surface area contributed by atoms with Gasteiger partial charge in [-0.3, -0.25) is 0 Å². The van der Waals surface area contributed by atoms with Gasteiger partial charge in [0.2, 0.25) is 0 Å². The summed E-state index contributed by atoms with van der Waals surface area (Å²) in [5.41, 5.74) is 0. The first-order valence-electron chi connectivity index (χ1n) is 0. The van der Waals surface area contributed by atoms with E-state index in [1.165, 1.54) is 0 Å². The molecule has 4 heavy (non-hydrogen) atoms. The summed E-state index contributed by atoms with van der Waals surface area (Å²) in [7, 11) is 0. The maximum absolute atomic E-state index is 0. The van der Waals surface area contributed by atoms with Crippen LogP contribution < -0.4 is 0 Å². The van der Waals surface area contributed by atoms with Crippen LogP contribution in [0.15, 0.2) is 0 Å². The van der Waals surface area contributed by atoms with E-state index in [2.05, 4.69) is 0 Å². The fourth-order valence-electron chi connectivity index (χ4n) is 0. The van der Waals surface area contributed by atoms with E-state index < -0.39 is 0 Å². The van der Waals surface area contributed by atoms with E-state index in [9.17, 15) is 0 Å². The summed E-state index contributed by atoms with van der Waals surface area (Å²) in [5, 5.41) is 0. The standard InChI is InChI=1S/Fe.K.Mg.Na. The zero-order valence-corrected chi connectivity index (χ0v) is 10.7. The molecule has 0 aliphatic carbocycles. The van der Waals surface area contributed by atoms with E-state index in [1.54, 1.807) is 0 Å². The Hall–Kier alpha value is 3.92. The summed E-state index contributed by atoms with van der Waals surface area (Å²) >= 11 is 0. The maximum atomic E-state index is 0. The number of rotatable bonds is 0. The molecule has 0 unspecified atom stereocenters. The predicted molar refractivity (Wildman–Crippen MR) is 17.3 cm³/mol. The SMILES string of the molecule is [Fe].[K].[Mg].[Na]. The monoisotopic (exact) mass is 142 g/mol. The number of hydrogen-bond donors (Lipinski definition) is 0. The van der Waals surface area contributed by atoms with Gasteiger partial charge in [-0.2, -0.15) is 0 Å². The van der Waals surface area contributed by atoms with E-state index in [1.807, 2.05) is 0 Å². The first-order valence-corrected chi connectivity index (χ1v) is 0. The zero-order valence-electron chi connectivity index (χ0n) is 3.06. The molecule has 0 bridgehead atoms. The minimum absolute atomic E-state index is 0. The summed E-state index contributed by atoms with van der Waals surface area (Å²) in [6, 6.07) is 0. The van der Waals surface area contributed by atoms with Crippen LogP contribution in [-0.2, 0) is 17.1 Å². The van der Waals surface area contributed by atoms with Gasteiger partial charge in [0.1, 0.15) is 0 Å². The van der Waals surface area contributed by atoms with Gasteiger partial charge in [-0.05, 0) is 0 Å². The van der Waals surface area contributed by atoms with Gasteiger partial charge < -0.3 is 0 Å². The minimum atomic E-state index is 0. The van der Waals surface area contributed by atoms with Crippen LogP contribution in [0.3, 0.4) is 0 Å². The van der Waals surface area contributed by atoms with Gasteiger partial charge in [-0.15, -0.1) is 0 Å². The molecule has 0 aliphatic rings. The van der Waals surface area contributed by atoms with Gasteiger partial charge in [-0.1, -0.05) is 0 Å². The molecule has 4 radical (unpaired) electrons. The Labute approximate surface area is 118 Å². The van der Waals surface area contributed by atoms with E-state index in [-0.39, 0.29) is 121 Å². The molecule has 0 aromatic heterocycles. The van der Waals surface area contributed by atoms with Crippen molar-refractivity contribution < 1.29 is 17.1 Å². The first kappa shape index (κ1) is 24.7. The average molecular weight is 142 g/mol. The van der Waals surface area contributed by atoms with Crippen LogP contribution in [0, 0.1) is 0 Å². The Balaban J connectivity index is 0. The fraction of sp³-hybridized carbons (Fsp3) is 0. The largest absolute Gasteiger partial charge is 0 e. The van der Waals surface area contributed by atoms with Gasteiger partial charge in [0.25, 0.3) is 0 Å². The average Bonchev–Trinajstić information content (AvgIpc) is 0. The molecule has 0 fully saturated rings.